The van der Waals surface area contributed by atoms with E-state index < -0.39 is 5.91 Å². The third kappa shape index (κ3) is 5.82. The van der Waals surface area contributed by atoms with Crippen molar-refractivity contribution in [1.29, 1.82) is 5.26 Å². The van der Waals surface area contributed by atoms with Crippen LogP contribution in [0.4, 0.5) is 5.82 Å². The van der Waals surface area contributed by atoms with Gasteiger partial charge in [-0.15, -0.1) is 0 Å². The fourth-order valence-corrected chi connectivity index (χ4v) is 1.50. The van der Waals surface area contributed by atoms with Gasteiger partial charge in [0, 0.05) is 37.1 Å². The summed E-state index contributed by atoms with van der Waals surface area (Å²) in [6.07, 6.45) is 3.65. The van der Waals surface area contributed by atoms with Gasteiger partial charge in [-0.1, -0.05) is 0 Å². The minimum atomic E-state index is -0.423. The Morgan fingerprint density at radius 3 is 3.00 bits per heavy atom. The standard InChI is InChI=1S/C13H15BrN4O2/c1-20-6-2-5-16-13(19)10(7-15)8-17-12-4-3-11(14)9-18-12/h3-4,8-9H,2,5-6H2,1H3,(H,16,19)(H,17,18)/b10-8-. The zero-order valence-electron chi connectivity index (χ0n) is 11.0. The van der Waals surface area contributed by atoms with Crippen molar-refractivity contribution in [1.82, 2.24) is 10.3 Å². The van der Waals surface area contributed by atoms with Crippen LogP contribution in [0.5, 0.6) is 0 Å². The first-order chi connectivity index (χ1) is 9.67. The number of carbonyl (C=O) groups is 1. The molecule has 1 aromatic heterocycles. The zero-order chi connectivity index (χ0) is 14.8. The van der Waals surface area contributed by atoms with Gasteiger partial charge in [0.25, 0.3) is 5.91 Å². The second kappa shape index (κ2) is 9.07. The number of pyridine rings is 1. The molecule has 1 aromatic rings. The topological polar surface area (TPSA) is 87.0 Å². The number of amides is 1. The first kappa shape index (κ1) is 16.1. The van der Waals surface area contributed by atoms with Gasteiger partial charge in [0.2, 0.25) is 0 Å². The van der Waals surface area contributed by atoms with E-state index in [0.717, 1.165) is 4.47 Å². The predicted molar refractivity (Wildman–Crippen MR) is 78.8 cm³/mol. The lowest BCUT2D eigenvalue weighted by Gasteiger charge is -2.04. The smallest absolute Gasteiger partial charge is 0.263 e. The number of nitriles is 1. The molecule has 0 aliphatic heterocycles. The zero-order valence-corrected chi connectivity index (χ0v) is 12.6. The molecule has 106 valence electrons. The Morgan fingerprint density at radius 1 is 1.60 bits per heavy atom. The van der Waals surface area contributed by atoms with Gasteiger partial charge in [0.1, 0.15) is 17.5 Å². The van der Waals surface area contributed by atoms with Gasteiger partial charge in [-0.05, 0) is 34.5 Å². The number of ether oxygens (including phenoxy) is 1. The lowest BCUT2D eigenvalue weighted by atomic mass is 10.3. The van der Waals surface area contributed by atoms with E-state index in [1.54, 1.807) is 25.4 Å². The normalized spacial score (nSPS) is 10.8. The minimum absolute atomic E-state index is 0.00728. The minimum Gasteiger partial charge on any atom is -0.385 e. The molecule has 0 aliphatic carbocycles. The van der Waals surface area contributed by atoms with Crippen molar-refractivity contribution in [2.24, 2.45) is 0 Å². The third-order valence-electron chi connectivity index (χ3n) is 2.27. The Kier molecular flexibility index (Phi) is 7.32. The number of methoxy groups -OCH3 is 1. The van der Waals surface area contributed by atoms with Gasteiger partial charge in [0.15, 0.2) is 0 Å². The molecule has 20 heavy (non-hydrogen) atoms. The lowest BCUT2D eigenvalue weighted by molar-refractivity contribution is -0.117. The maximum Gasteiger partial charge on any atom is 0.263 e. The van der Waals surface area contributed by atoms with Crippen LogP contribution in [0.25, 0.3) is 0 Å². The van der Waals surface area contributed by atoms with Crippen molar-refractivity contribution < 1.29 is 9.53 Å². The SMILES string of the molecule is COCCCNC(=O)/C(C#N)=C\Nc1ccc(Br)cn1. The van der Waals surface area contributed by atoms with Crippen LogP contribution in [0, 0.1) is 11.3 Å². The molecule has 0 fully saturated rings. The van der Waals surface area contributed by atoms with Crippen LogP contribution in [-0.4, -0.2) is 31.2 Å². The number of hydrogen-bond acceptors (Lipinski definition) is 5. The maximum atomic E-state index is 11.7. The molecule has 1 heterocycles. The van der Waals surface area contributed by atoms with E-state index >= 15 is 0 Å². The second-order valence-electron chi connectivity index (χ2n) is 3.78. The average Bonchev–Trinajstić information content (AvgIpc) is 2.46. The highest BCUT2D eigenvalue weighted by Gasteiger charge is 2.07. The first-order valence-electron chi connectivity index (χ1n) is 5.93. The Morgan fingerprint density at radius 2 is 2.40 bits per heavy atom. The highest BCUT2D eigenvalue weighted by Crippen LogP contribution is 2.10. The average molecular weight is 339 g/mol. The van der Waals surface area contributed by atoms with Crippen LogP contribution in [0.15, 0.2) is 34.6 Å². The monoisotopic (exact) mass is 338 g/mol. The summed E-state index contributed by atoms with van der Waals surface area (Å²) < 4.78 is 5.72. The first-order valence-corrected chi connectivity index (χ1v) is 6.72. The molecule has 0 radical (unpaired) electrons. The number of anilines is 1. The van der Waals surface area contributed by atoms with E-state index in [1.165, 1.54) is 6.20 Å². The second-order valence-corrected chi connectivity index (χ2v) is 4.69. The van der Waals surface area contributed by atoms with E-state index in [1.807, 2.05) is 6.07 Å². The number of carbonyl (C=O) groups excluding carboxylic acids is 1. The highest BCUT2D eigenvalue weighted by molar-refractivity contribution is 9.10. The number of hydrogen-bond donors (Lipinski definition) is 2. The van der Waals surface area contributed by atoms with Gasteiger partial charge in [-0.3, -0.25) is 4.79 Å². The van der Waals surface area contributed by atoms with Crippen molar-refractivity contribution in [3.8, 4) is 6.07 Å². The van der Waals surface area contributed by atoms with Crippen molar-refractivity contribution in [2.45, 2.75) is 6.42 Å². The molecule has 0 aliphatic rings. The number of rotatable bonds is 7. The summed E-state index contributed by atoms with van der Waals surface area (Å²) in [4.78, 5) is 15.8. The number of nitrogens with one attached hydrogen (secondary N) is 2. The highest BCUT2D eigenvalue weighted by atomic mass is 79.9. The Hall–Kier alpha value is -1.91. The molecule has 0 aromatic carbocycles. The summed E-state index contributed by atoms with van der Waals surface area (Å²) in [6, 6.07) is 5.38. The summed E-state index contributed by atoms with van der Waals surface area (Å²) in [6.45, 7) is 1.02. The van der Waals surface area contributed by atoms with Crippen molar-refractivity contribution in [3.05, 3.63) is 34.6 Å². The third-order valence-corrected chi connectivity index (χ3v) is 2.74. The molecule has 0 saturated heterocycles. The number of halogens is 1. The summed E-state index contributed by atoms with van der Waals surface area (Å²) in [5.74, 6) is 0.126. The van der Waals surface area contributed by atoms with E-state index in [-0.39, 0.29) is 5.57 Å². The summed E-state index contributed by atoms with van der Waals surface area (Å²) in [5, 5.41) is 14.4. The molecular formula is C13H15BrN4O2. The molecule has 0 unspecified atom stereocenters. The van der Waals surface area contributed by atoms with Gasteiger partial charge < -0.3 is 15.4 Å². The van der Waals surface area contributed by atoms with Crippen molar-refractivity contribution in [2.75, 3.05) is 25.6 Å². The fraction of sp³-hybridized carbons (Fsp3) is 0.308. The molecule has 1 rings (SSSR count). The van der Waals surface area contributed by atoms with Crippen LogP contribution in [0.2, 0.25) is 0 Å². The van der Waals surface area contributed by atoms with Gasteiger partial charge in [0.05, 0.1) is 0 Å². The van der Waals surface area contributed by atoms with Gasteiger partial charge in [-0.2, -0.15) is 5.26 Å². The van der Waals surface area contributed by atoms with Crippen LogP contribution in [0.3, 0.4) is 0 Å². The lowest BCUT2D eigenvalue weighted by Crippen LogP contribution is -2.26. The molecule has 6 nitrogen and oxygen atoms in total. The van der Waals surface area contributed by atoms with Crippen LogP contribution >= 0.6 is 15.9 Å². The van der Waals surface area contributed by atoms with Gasteiger partial charge >= 0.3 is 0 Å². The number of aromatic nitrogens is 1. The van der Waals surface area contributed by atoms with E-state index in [4.69, 9.17) is 10.00 Å². The molecule has 2 N–H and O–H groups in total. The molecule has 0 bridgehead atoms. The quantitative estimate of drug-likeness (QED) is 0.449. The summed E-state index contributed by atoms with van der Waals surface area (Å²) in [5.41, 5.74) is -0.00728. The molecular weight excluding hydrogens is 324 g/mol. The van der Waals surface area contributed by atoms with Gasteiger partial charge in [-0.25, -0.2) is 4.98 Å². The summed E-state index contributed by atoms with van der Waals surface area (Å²) >= 11 is 3.27. The Labute approximate surface area is 126 Å². The molecule has 0 spiro atoms. The van der Waals surface area contributed by atoms with Crippen LogP contribution in [0.1, 0.15) is 6.42 Å². The molecule has 7 heteroatoms. The van der Waals surface area contributed by atoms with Crippen molar-refractivity contribution in [3.63, 3.8) is 0 Å². The summed E-state index contributed by atoms with van der Waals surface area (Å²) in [7, 11) is 1.59. The molecule has 0 atom stereocenters. The predicted octanol–water partition coefficient (Wildman–Crippen LogP) is 1.82. The Balaban J connectivity index is 2.52. The fourth-order valence-electron chi connectivity index (χ4n) is 1.27. The van der Waals surface area contributed by atoms with Crippen LogP contribution in [-0.2, 0) is 9.53 Å². The van der Waals surface area contributed by atoms with E-state index in [9.17, 15) is 4.79 Å². The number of nitrogens with zero attached hydrogens (tertiary/aromatic N) is 2. The van der Waals surface area contributed by atoms with Crippen LogP contribution < -0.4 is 10.6 Å². The van der Waals surface area contributed by atoms with Crippen molar-refractivity contribution >= 4 is 27.7 Å². The molecule has 0 saturated carbocycles. The van der Waals surface area contributed by atoms with E-state index in [0.29, 0.717) is 25.4 Å². The maximum absolute atomic E-state index is 11.7. The Bertz CT molecular complexity index is 508. The van der Waals surface area contributed by atoms with E-state index in [2.05, 4.69) is 31.5 Å². The molecule has 1 amide bonds. The largest absolute Gasteiger partial charge is 0.385 e.